The summed E-state index contributed by atoms with van der Waals surface area (Å²) in [5, 5.41) is 8.76. The van der Waals surface area contributed by atoms with E-state index < -0.39 is 0 Å². The normalized spacial score (nSPS) is 14.8. The van der Waals surface area contributed by atoms with Gasteiger partial charge in [-0.25, -0.2) is 5.10 Å². The van der Waals surface area contributed by atoms with Crippen molar-refractivity contribution in [1.29, 1.82) is 0 Å². The van der Waals surface area contributed by atoms with Crippen LogP contribution in [0.3, 0.4) is 0 Å². The van der Waals surface area contributed by atoms with E-state index in [1.54, 1.807) is 4.90 Å². The molecule has 2 heterocycles. The third-order valence-electron chi connectivity index (χ3n) is 2.73. The van der Waals surface area contributed by atoms with Crippen molar-refractivity contribution in [2.75, 3.05) is 50.2 Å². The molecule has 116 valence electrons. The van der Waals surface area contributed by atoms with Gasteiger partial charge >= 0.3 is 6.01 Å². The van der Waals surface area contributed by atoms with Crippen LogP contribution in [-0.4, -0.2) is 76.8 Å². The number of hydrogen-bond acceptors (Lipinski definition) is 7. The van der Waals surface area contributed by atoms with Crippen molar-refractivity contribution in [2.45, 2.75) is 0 Å². The van der Waals surface area contributed by atoms with Crippen LogP contribution in [0.5, 0.6) is 6.01 Å². The third-order valence-corrected chi connectivity index (χ3v) is 3.65. The number of morpholine rings is 1. The van der Waals surface area contributed by atoms with Crippen LogP contribution in [0.25, 0.3) is 0 Å². The highest BCUT2D eigenvalue weighted by molar-refractivity contribution is 8.00. The molecule has 0 unspecified atom stereocenters. The molecule has 0 bridgehead atoms. The Kier molecular flexibility index (Phi) is 5.81. The van der Waals surface area contributed by atoms with Crippen LogP contribution in [-0.2, 0) is 14.3 Å². The summed E-state index contributed by atoms with van der Waals surface area (Å²) in [5.74, 6) is 0.426. The van der Waals surface area contributed by atoms with Crippen LogP contribution in [0.15, 0.2) is 0 Å². The molecule has 1 aromatic heterocycles. The lowest BCUT2D eigenvalue weighted by atomic mass is 10.4. The van der Waals surface area contributed by atoms with Gasteiger partial charge in [-0.05, 0) is 0 Å². The van der Waals surface area contributed by atoms with Crippen molar-refractivity contribution in [1.82, 2.24) is 20.1 Å². The highest BCUT2D eigenvalue weighted by Gasteiger charge is 2.17. The highest BCUT2D eigenvalue weighted by Crippen LogP contribution is 2.08. The zero-order valence-electron chi connectivity index (χ0n) is 11.6. The minimum atomic E-state index is -0.256. The van der Waals surface area contributed by atoms with Gasteiger partial charge in [-0.15, -0.1) is 16.9 Å². The fourth-order valence-electron chi connectivity index (χ4n) is 1.70. The van der Waals surface area contributed by atoms with Gasteiger partial charge in [-0.2, -0.15) is 4.98 Å². The zero-order chi connectivity index (χ0) is 15.1. The van der Waals surface area contributed by atoms with Crippen LogP contribution in [0.4, 0.5) is 5.95 Å². The number of carbonyl (C=O) groups excluding carboxylic acids is 2. The largest absolute Gasteiger partial charge is 0.466 e. The van der Waals surface area contributed by atoms with E-state index in [0.717, 1.165) is 0 Å². The molecule has 1 aromatic rings. The molecule has 0 saturated carbocycles. The predicted octanol–water partition coefficient (Wildman–Crippen LogP) is -0.656. The van der Waals surface area contributed by atoms with E-state index in [1.165, 1.54) is 18.9 Å². The van der Waals surface area contributed by atoms with Crippen molar-refractivity contribution in [3.05, 3.63) is 0 Å². The summed E-state index contributed by atoms with van der Waals surface area (Å²) in [4.78, 5) is 29.1. The summed E-state index contributed by atoms with van der Waals surface area (Å²) in [6.45, 7) is 2.38. The van der Waals surface area contributed by atoms with Gasteiger partial charge in [0.15, 0.2) is 0 Å². The van der Waals surface area contributed by atoms with Gasteiger partial charge in [0.25, 0.3) is 0 Å². The summed E-state index contributed by atoms with van der Waals surface area (Å²) < 4.78 is 9.96. The van der Waals surface area contributed by atoms with Crippen molar-refractivity contribution >= 4 is 29.5 Å². The van der Waals surface area contributed by atoms with E-state index in [2.05, 4.69) is 20.5 Å². The Bertz CT molecular complexity index is 489. The first-order valence-electron chi connectivity index (χ1n) is 6.38. The number of nitrogens with one attached hydrogen (secondary N) is 2. The number of carbonyl (C=O) groups is 2. The summed E-state index contributed by atoms with van der Waals surface area (Å²) in [6, 6.07) is 0.153. The molecule has 1 saturated heterocycles. The van der Waals surface area contributed by atoms with Gasteiger partial charge < -0.3 is 14.4 Å². The molecule has 10 heteroatoms. The monoisotopic (exact) mass is 315 g/mol. The number of amides is 2. The van der Waals surface area contributed by atoms with E-state index >= 15 is 0 Å². The summed E-state index contributed by atoms with van der Waals surface area (Å²) in [7, 11) is 1.43. The Morgan fingerprint density at radius 2 is 2.19 bits per heavy atom. The van der Waals surface area contributed by atoms with Crippen LogP contribution < -0.4 is 10.1 Å². The molecule has 9 nitrogen and oxygen atoms in total. The van der Waals surface area contributed by atoms with Crippen molar-refractivity contribution in [3.8, 4) is 6.01 Å². The van der Waals surface area contributed by atoms with Crippen molar-refractivity contribution in [2.24, 2.45) is 0 Å². The molecule has 0 aliphatic carbocycles. The number of aromatic nitrogens is 3. The quantitative estimate of drug-likeness (QED) is 0.717. The average molecular weight is 315 g/mol. The number of aromatic amines is 1. The van der Waals surface area contributed by atoms with Gasteiger partial charge in [0.1, 0.15) is 0 Å². The summed E-state index contributed by atoms with van der Waals surface area (Å²) in [6.07, 6.45) is 0. The first-order chi connectivity index (χ1) is 10.2. The van der Waals surface area contributed by atoms with E-state index in [4.69, 9.17) is 9.47 Å². The first-order valence-corrected chi connectivity index (χ1v) is 7.54. The number of H-pyrrole nitrogens is 1. The second-order valence-electron chi connectivity index (χ2n) is 4.20. The van der Waals surface area contributed by atoms with Gasteiger partial charge in [-0.1, -0.05) is 0 Å². The maximum Gasteiger partial charge on any atom is 0.336 e. The fourth-order valence-corrected chi connectivity index (χ4v) is 2.41. The molecule has 21 heavy (non-hydrogen) atoms. The Morgan fingerprint density at radius 1 is 1.43 bits per heavy atom. The summed E-state index contributed by atoms with van der Waals surface area (Å²) >= 11 is 1.26. The lowest BCUT2D eigenvalue weighted by Crippen LogP contribution is -2.41. The molecule has 1 fully saturated rings. The lowest BCUT2D eigenvalue weighted by Gasteiger charge is -2.26. The van der Waals surface area contributed by atoms with Gasteiger partial charge in [0.05, 0.1) is 31.8 Å². The van der Waals surface area contributed by atoms with Gasteiger partial charge in [0.2, 0.25) is 17.8 Å². The molecule has 2 amide bonds. The number of hydrogen-bond donors (Lipinski definition) is 2. The molecule has 0 spiro atoms. The van der Waals surface area contributed by atoms with E-state index in [9.17, 15) is 9.59 Å². The number of ether oxygens (including phenoxy) is 2. The summed E-state index contributed by atoms with van der Waals surface area (Å²) in [5.41, 5.74) is 0. The van der Waals surface area contributed by atoms with Gasteiger partial charge in [0, 0.05) is 13.1 Å². The standard InChI is InChI=1S/C11H17N5O4S/c1-19-11-13-10(14-15-11)12-8(17)6-21-7-9(18)16-2-4-20-5-3-16/h2-7H2,1H3,(H2,12,13,14,15,17). The predicted molar refractivity (Wildman–Crippen MR) is 76.3 cm³/mol. The first kappa shape index (κ1) is 15.6. The molecule has 2 N–H and O–H groups in total. The zero-order valence-corrected chi connectivity index (χ0v) is 12.4. The number of methoxy groups -OCH3 is 1. The van der Waals surface area contributed by atoms with Crippen LogP contribution in [0, 0.1) is 0 Å². The fraction of sp³-hybridized carbons (Fsp3) is 0.636. The van der Waals surface area contributed by atoms with E-state index in [1.807, 2.05) is 0 Å². The molecule has 1 aliphatic heterocycles. The van der Waals surface area contributed by atoms with E-state index in [0.29, 0.717) is 26.3 Å². The Balaban J connectivity index is 1.65. The molecule has 0 aromatic carbocycles. The Hall–Kier alpha value is -1.81. The van der Waals surface area contributed by atoms with Crippen molar-refractivity contribution < 1.29 is 19.1 Å². The van der Waals surface area contributed by atoms with E-state index in [-0.39, 0.29) is 35.3 Å². The molecule has 1 aliphatic rings. The Morgan fingerprint density at radius 3 is 2.86 bits per heavy atom. The number of thioether (sulfide) groups is 1. The van der Waals surface area contributed by atoms with Crippen molar-refractivity contribution in [3.63, 3.8) is 0 Å². The van der Waals surface area contributed by atoms with Gasteiger partial charge in [-0.3, -0.25) is 14.9 Å². The minimum absolute atomic E-state index is 0.0254. The topological polar surface area (TPSA) is 109 Å². The lowest BCUT2D eigenvalue weighted by molar-refractivity contribution is -0.132. The molecular weight excluding hydrogens is 298 g/mol. The Labute approximate surface area is 125 Å². The number of nitrogens with zero attached hydrogens (tertiary/aromatic N) is 3. The second kappa shape index (κ2) is 7.84. The number of rotatable bonds is 6. The maximum absolute atomic E-state index is 11.9. The SMILES string of the molecule is COc1n[nH]c(NC(=O)CSCC(=O)N2CCOCC2)n1. The number of anilines is 1. The highest BCUT2D eigenvalue weighted by atomic mass is 32.2. The second-order valence-corrected chi connectivity index (χ2v) is 5.19. The van der Waals surface area contributed by atoms with Crippen LogP contribution >= 0.6 is 11.8 Å². The minimum Gasteiger partial charge on any atom is -0.466 e. The molecule has 2 rings (SSSR count). The maximum atomic E-state index is 11.9. The third kappa shape index (κ3) is 4.90. The molecule has 0 radical (unpaired) electrons. The van der Waals surface area contributed by atoms with Crippen LogP contribution in [0.1, 0.15) is 0 Å². The average Bonchev–Trinajstić information content (AvgIpc) is 2.95. The molecular formula is C11H17N5O4S. The van der Waals surface area contributed by atoms with Crippen LogP contribution in [0.2, 0.25) is 0 Å². The molecule has 0 atom stereocenters. The smallest absolute Gasteiger partial charge is 0.336 e.